The molecule has 8 nitrogen and oxygen atoms in total. The van der Waals surface area contributed by atoms with E-state index in [4.69, 9.17) is 4.98 Å². The van der Waals surface area contributed by atoms with E-state index in [-0.39, 0.29) is 11.9 Å². The summed E-state index contributed by atoms with van der Waals surface area (Å²) in [6.07, 6.45) is 3.74. The summed E-state index contributed by atoms with van der Waals surface area (Å²) in [6.45, 7) is 3.59. The van der Waals surface area contributed by atoms with Gasteiger partial charge in [-0.2, -0.15) is 5.10 Å². The lowest BCUT2D eigenvalue weighted by Crippen LogP contribution is -2.48. The molecule has 1 aliphatic heterocycles. The first-order valence-corrected chi connectivity index (χ1v) is 8.87. The summed E-state index contributed by atoms with van der Waals surface area (Å²) in [5.41, 5.74) is 3.19. The third kappa shape index (κ3) is 2.91. The molecule has 136 valence electrons. The lowest BCUT2D eigenvalue weighted by molar-refractivity contribution is 0.0927. The van der Waals surface area contributed by atoms with E-state index in [9.17, 15) is 4.79 Å². The lowest BCUT2D eigenvalue weighted by Gasteiger charge is -2.33. The number of imidazole rings is 1. The summed E-state index contributed by atoms with van der Waals surface area (Å²) in [5.74, 6) is 0.776. The number of aromatic nitrogens is 5. The Balaban J connectivity index is 1.50. The van der Waals surface area contributed by atoms with E-state index in [0.29, 0.717) is 5.69 Å². The quantitative estimate of drug-likeness (QED) is 0.770. The first-order valence-electron chi connectivity index (χ1n) is 8.87. The third-order valence-corrected chi connectivity index (χ3v) is 4.99. The highest BCUT2D eigenvalue weighted by atomic mass is 16.2. The zero-order chi connectivity index (χ0) is 18.3. The molecule has 0 bridgehead atoms. The molecule has 3 aromatic heterocycles. The standard InChI is InChI=1S/C18H23N7O/c1-12-10-15(22-24(12)3)17(26)20-13-6-5-9-25(11-13)18-21-14-7-4-8-19-16(14)23(18)2/h4,7-8,10,13H,5-6,9,11H2,1-3H3,(H,20,26). The summed E-state index contributed by atoms with van der Waals surface area (Å²) in [7, 11) is 3.82. The van der Waals surface area contributed by atoms with Crippen LogP contribution in [0, 0.1) is 6.92 Å². The van der Waals surface area contributed by atoms with E-state index in [2.05, 4.69) is 20.3 Å². The number of anilines is 1. The number of aryl methyl sites for hydroxylation is 3. The van der Waals surface area contributed by atoms with Gasteiger partial charge in [-0.05, 0) is 38.0 Å². The van der Waals surface area contributed by atoms with Gasteiger partial charge < -0.3 is 10.2 Å². The van der Waals surface area contributed by atoms with Crippen LogP contribution in [0.2, 0.25) is 0 Å². The molecule has 0 radical (unpaired) electrons. The number of hydrogen-bond acceptors (Lipinski definition) is 5. The number of nitrogens with zero attached hydrogens (tertiary/aromatic N) is 6. The van der Waals surface area contributed by atoms with E-state index in [1.165, 1.54) is 0 Å². The molecule has 1 amide bonds. The van der Waals surface area contributed by atoms with Crippen molar-refractivity contribution in [2.75, 3.05) is 18.0 Å². The fourth-order valence-corrected chi connectivity index (χ4v) is 3.50. The van der Waals surface area contributed by atoms with Gasteiger partial charge in [0, 0.05) is 45.1 Å². The predicted molar refractivity (Wildman–Crippen MR) is 99.2 cm³/mol. The van der Waals surface area contributed by atoms with E-state index in [0.717, 1.165) is 48.7 Å². The van der Waals surface area contributed by atoms with Gasteiger partial charge in [0.2, 0.25) is 5.95 Å². The minimum Gasteiger partial charge on any atom is -0.346 e. The smallest absolute Gasteiger partial charge is 0.272 e. The van der Waals surface area contributed by atoms with Gasteiger partial charge in [-0.3, -0.25) is 14.0 Å². The van der Waals surface area contributed by atoms with Crippen molar-refractivity contribution in [3.05, 3.63) is 35.8 Å². The van der Waals surface area contributed by atoms with Crippen LogP contribution >= 0.6 is 0 Å². The summed E-state index contributed by atoms with van der Waals surface area (Å²) in [4.78, 5) is 23.8. The zero-order valence-electron chi connectivity index (χ0n) is 15.3. The molecule has 0 spiro atoms. The normalized spacial score (nSPS) is 17.7. The van der Waals surface area contributed by atoms with Crippen molar-refractivity contribution in [1.82, 2.24) is 29.6 Å². The van der Waals surface area contributed by atoms with Gasteiger partial charge in [0.05, 0.1) is 0 Å². The summed E-state index contributed by atoms with van der Waals surface area (Å²) >= 11 is 0. The van der Waals surface area contributed by atoms with Gasteiger partial charge >= 0.3 is 0 Å². The van der Waals surface area contributed by atoms with E-state index < -0.39 is 0 Å². The highest BCUT2D eigenvalue weighted by molar-refractivity contribution is 5.92. The molecule has 1 atom stereocenters. The summed E-state index contributed by atoms with van der Waals surface area (Å²) in [5, 5.41) is 7.38. The Bertz CT molecular complexity index is 938. The van der Waals surface area contributed by atoms with Gasteiger partial charge in [-0.1, -0.05) is 0 Å². The number of carbonyl (C=O) groups is 1. The van der Waals surface area contributed by atoms with Crippen LogP contribution in [0.15, 0.2) is 24.4 Å². The number of carbonyl (C=O) groups excluding carboxylic acids is 1. The van der Waals surface area contributed by atoms with Gasteiger partial charge in [-0.15, -0.1) is 0 Å². The van der Waals surface area contributed by atoms with Gasteiger partial charge in [0.15, 0.2) is 5.65 Å². The Kier molecular flexibility index (Phi) is 4.10. The van der Waals surface area contributed by atoms with Crippen LogP contribution in [0.1, 0.15) is 29.0 Å². The van der Waals surface area contributed by atoms with Crippen LogP contribution in [0.25, 0.3) is 11.2 Å². The molecule has 26 heavy (non-hydrogen) atoms. The fourth-order valence-electron chi connectivity index (χ4n) is 3.50. The molecular weight excluding hydrogens is 330 g/mol. The molecule has 1 aliphatic rings. The first kappa shape index (κ1) is 16.6. The number of hydrogen-bond donors (Lipinski definition) is 1. The molecule has 1 N–H and O–H groups in total. The number of nitrogens with one attached hydrogen (secondary N) is 1. The molecule has 3 aromatic rings. The van der Waals surface area contributed by atoms with Crippen molar-refractivity contribution in [2.24, 2.45) is 14.1 Å². The lowest BCUT2D eigenvalue weighted by atomic mass is 10.1. The molecule has 0 saturated carbocycles. The van der Waals surface area contributed by atoms with Gasteiger partial charge in [-0.25, -0.2) is 9.97 Å². The second-order valence-corrected chi connectivity index (χ2v) is 6.87. The first-order chi connectivity index (χ1) is 12.5. The number of amides is 1. The summed E-state index contributed by atoms with van der Waals surface area (Å²) in [6, 6.07) is 5.75. The Morgan fingerprint density at radius 2 is 2.19 bits per heavy atom. The Labute approximate surface area is 151 Å². The van der Waals surface area contributed by atoms with Crippen molar-refractivity contribution in [3.63, 3.8) is 0 Å². The van der Waals surface area contributed by atoms with E-state index in [1.807, 2.05) is 43.8 Å². The van der Waals surface area contributed by atoms with Crippen LogP contribution in [0.3, 0.4) is 0 Å². The Hall–Kier alpha value is -2.90. The van der Waals surface area contributed by atoms with Crippen molar-refractivity contribution >= 4 is 23.0 Å². The maximum absolute atomic E-state index is 12.5. The molecule has 8 heteroatoms. The zero-order valence-corrected chi connectivity index (χ0v) is 15.3. The van der Waals surface area contributed by atoms with E-state index >= 15 is 0 Å². The molecule has 0 aliphatic carbocycles. The average molecular weight is 353 g/mol. The molecule has 1 fully saturated rings. The maximum atomic E-state index is 12.5. The molecule has 1 unspecified atom stereocenters. The maximum Gasteiger partial charge on any atom is 0.272 e. The molecule has 4 rings (SSSR count). The topological polar surface area (TPSA) is 80.9 Å². The van der Waals surface area contributed by atoms with Crippen LogP contribution in [0.4, 0.5) is 5.95 Å². The van der Waals surface area contributed by atoms with Crippen LogP contribution < -0.4 is 10.2 Å². The Morgan fingerprint density at radius 1 is 1.35 bits per heavy atom. The minimum atomic E-state index is -0.118. The third-order valence-electron chi connectivity index (χ3n) is 4.99. The number of piperidine rings is 1. The number of pyridine rings is 1. The molecule has 1 saturated heterocycles. The van der Waals surface area contributed by atoms with Gasteiger partial charge in [0.1, 0.15) is 11.2 Å². The Morgan fingerprint density at radius 3 is 2.92 bits per heavy atom. The van der Waals surface area contributed by atoms with E-state index in [1.54, 1.807) is 10.9 Å². The van der Waals surface area contributed by atoms with Crippen molar-refractivity contribution in [1.29, 1.82) is 0 Å². The SMILES string of the molecule is Cc1cc(C(=O)NC2CCCN(c3nc4cccnc4n3C)C2)nn1C. The fraction of sp³-hybridized carbons (Fsp3) is 0.444. The summed E-state index contributed by atoms with van der Waals surface area (Å²) < 4.78 is 3.73. The monoisotopic (exact) mass is 353 g/mol. The largest absolute Gasteiger partial charge is 0.346 e. The highest BCUT2D eigenvalue weighted by Gasteiger charge is 2.26. The predicted octanol–water partition coefficient (Wildman–Crippen LogP) is 1.41. The average Bonchev–Trinajstić information content (AvgIpc) is 3.16. The minimum absolute atomic E-state index is 0.0753. The van der Waals surface area contributed by atoms with Crippen LogP contribution in [-0.4, -0.2) is 49.4 Å². The van der Waals surface area contributed by atoms with Crippen molar-refractivity contribution in [3.8, 4) is 0 Å². The van der Waals surface area contributed by atoms with Crippen LogP contribution in [0.5, 0.6) is 0 Å². The second-order valence-electron chi connectivity index (χ2n) is 6.87. The molecule has 0 aromatic carbocycles. The number of fused-ring (bicyclic) bond motifs is 1. The molecular formula is C18H23N7O. The van der Waals surface area contributed by atoms with Crippen LogP contribution in [-0.2, 0) is 14.1 Å². The highest BCUT2D eigenvalue weighted by Crippen LogP contribution is 2.23. The van der Waals surface area contributed by atoms with Gasteiger partial charge in [0.25, 0.3) is 5.91 Å². The van der Waals surface area contributed by atoms with Crippen molar-refractivity contribution in [2.45, 2.75) is 25.8 Å². The second kappa shape index (κ2) is 6.44. The number of rotatable bonds is 3. The molecule has 4 heterocycles. The van der Waals surface area contributed by atoms with Crippen molar-refractivity contribution < 1.29 is 4.79 Å².